The van der Waals surface area contributed by atoms with Gasteiger partial charge in [0.15, 0.2) is 5.78 Å². The minimum absolute atomic E-state index is 0.246. The molecule has 1 spiro atoms. The fourth-order valence-corrected chi connectivity index (χ4v) is 4.01. The van der Waals surface area contributed by atoms with Crippen LogP contribution in [-0.4, -0.2) is 53.3 Å². The zero-order valence-electron chi connectivity index (χ0n) is 12.1. The molecule has 7 heteroatoms. The SMILES string of the molecule is COc1cccc(C(=O)CN2C(=O)N[C@@]3(CCSC3)C2=O)c1. The van der Waals surface area contributed by atoms with Gasteiger partial charge in [-0.3, -0.25) is 14.5 Å². The number of hydrogen-bond donors (Lipinski definition) is 1. The predicted molar refractivity (Wildman–Crippen MR) is 82.2 cm³/mol. The molecule has 0 radical (unpaired) electrons. The van der Waals surface area contributed by atoms with Crippen molar-refractivity contribution in [1.29, 1.82) is 0 Å². The molecule has 2 aliphatic rings. The standard InChI is InChI=1S/C15H16N2O4S/c1-21-11-4-2-3-10(7-11)12(18)8-17-13(19)15(16-14(17)20)5-6-22-9-15/h2-4,7H,5-6,8-9H2,1H3,(H,16,20)/t15-/m1/s1. The first-order valence-electron chi connectivity index (χ1n) is 6.95. The summed E-state index contributed by atoms with van der Waals surface area (Å²) in [6.45, 7) is -0.246. The predicted octanol–water partition coefficient (Wildman–Crippen LogP) is 1.31. The van der Waals surface area contributed by atoms with Crippen LogP contribution in [-0.2, 0) is 4.79 Å². The van der Waals surface area contributed by atoms with Gasteiger partial charge in [-0.2, -0.15) is 11.8 Å². The van der Waals surface area contributed by atoms with Gasteiger partial charge in [-0.1, -0.05) is 12.1 Å². The Labute approximate surface area is 132 Å². The number of amides is 3. The lowest BCUT2D eigenvalue weighted by molar-refractivity contribution is -0.130. The van der Waals surface area contributed by atoms with Gasteiger partial charge in [-0.15, -0.1) is 0 Å². The van der Waals surface area contributed by atoms with Gasteiger partial charge >= 0.3 is 6.03 Å². The number of hydrogen-bond acceptors (Lipinski definition) is 5. The van der Waals surface area contributed by atoms with Gasteiger partial charge in [0, 0.05) is 11.3 Å². The van der Waals surface area contributed by atoms with E-state index in [1.807, 2.05) is 0 Å². The van der Waals surface area contributed by atoms with Gasteiger partial charge in [0.1, 0.15) is 11.3 Å². The molecule has 3 amide bonds. The van der Waals surface area contributed by atoms with Gasteiger partial charge in [0.25, 0.3) is 5.91 Å². The molecule has 2 fully saturated rings. The summed E-state index contributed by atoms with van der Waals surface area (Å²) in [5, 5.41) is 2.75. The van der Waals surface area contributed by atoms with Gasteiger partial charge in [0.2, 0.25) is 0 Å². The van der Waals surface area contributed by atoms with Crippen LogP contribution in [0, 0.1) is 0 Å². The molecule has 0 saturated carbocycles. The van der Waals surface area contributed by atoms with E-state index in [0.29, 0.717) is 23.5 Å². The third-order valence-corrected chi connectivity index (χ3v) is 5.15. The fourth-order valence-electron chi connectivity index (χ4n) is 2.68. The maximum Gasteiger partial charge on any atom is 0.325 e. The number of Topliss-reactive ketones (excluding diaryl/α,β-unsaturated/α-hetero) is 1. The van der Waals surface area contributed by atoms with E-state index in [9.17, 15) is 14.4 Å². The summed E-state index contributed by atoms with van der Waals surface area (Å²) >= 11 is 1.63. The molecule has 6 nitrogen and oxygen atoms in total. The molecule has 2 heterocycles. The van der Waals surface area contributed by atoms with Crippen molar-refractivity contribution in [3.8, 4) is 5.75 Å². The van der Waals surface area contributed by atoms with Crippen LogP contribution in [0.3, 0.4) is 0 Å². The van der Waals surface area contributed by atoms with E-state index >= 15 is 0 Å². The Kier molecular flexibility index (Phi) is 3.82. The average molecular weight is 320 g/mol. The molecule has 1 aromatic rings. The summed E-state index contributed by atoms with van der Waals surface area (Å²) in [7, 11) is 1.52. The average Bonchev–Trinajstić information content (AvgIpc) is 3.08. The molecule has 0 aromatic heterocycles. The smallest absolute Gasteiger partial charge is 0.325 e. The number of carbonyl (C=O) groups excluding carboxylic acids is 3. The summed E-state index contributed by atoms with van der Waals surface area (Å²) in [5.74, 6) is 1.39. The largest absolute Gasteiger partial charge is 0.497 e. The topological polar surface area (TPSA) is 75.7 Å². The number of urea groups is 1. The minimum atomic E-state index is -0.809. The van der Waals surface area contributed by atoms with Crippen LogP contribution in [0.15, 0.2) is 24.3 Å². The number of thioether (sulfide) groups is 1. The second kappa shape index (κ2) is 5.64. The van der Waals surface area contributed by atoms with E-state index in [1.54, 1.807) is 36.0 Å². The van der Waals surface area contributed by atoms with Crippen molar-refractivity contribution in [2.75, 3.05) is 25.2 Å². The number of carbonyl (C=O) groups is 3. The van der Waals surface area contributed by atoms with E-state index in [0.717, 1.165) is 10.7 Å². The Hall–Kier alpha value is -2.02. The highest BCUT2D eigenvalue weighted by molar-refractivity contribution is 7.99. The number of methoxy groups -OCH3 is 1. The molecule has 1 atom stereocenters. The summed E-state index contributed by atoms with van der Waals surface area (Å²) in [6, 6.07) is 6.19. The molecule has 0 aliphatic carbocycles. The maximum atomic E-state index is 12.5. The molecule has 2 saturated heterocycles. The van der Waals surface area contributed by atoms with Crippen LogP contribution in [0.1, 0.15) is 16.8 Å². The van der Waals surface area contributed by atoms with Gasteiger partial charge in [0.05, 0.1) is 13.7 Å². The number of ketones is 1. The Morgan fingerprint density at radius 1 is 1.45 bits per heavy atom. The second-order valence-corrected chi connectivity index (χ2v) is 6.47. The second-order valence-electron chi connectivity index (χ2n) is 5.36. The molecule has 1 aromatic carbocycles. The fraction of sp³-hybridized carbons (Fsp3) is 0.400. The summed E-state index contributed by atoms with van der Waals surface area (Å²) in [5.41, 5.74) is -0.391. The normalized spacial score (nSPS) is 24.0. The molecular formula is C15H16N2O4S. The summed E-state index contributed by atoms with van der Waals surface area (Å²) in [4.78, 5) is 37.9. The third-order valence-electron chi connectivity index (χ3n) is 3.96. The van der Waals surface area contributed by atoms with Crippen molar-refractivity contribution in [2.45, 2.75) is 12.0 Å². The Morgan fingerprint density at radius 3 is 2.95 bits per heavy atom. The molecule has 116 valence electrons. The summed E-state index contributed by atoms with van der Waals surface area (Å²) < 4.78 is 5.08. The van der Waals surface area contributed by atoms with E-state index in [2.05, 4.69) is 5.32 Å². The van der Waals surface area contributed by atoms with E-state index in [1.165, 1.54) is 7.11 Å². The lowest BCUT2D eigenvalue weighted by atomic mass is 9.99. The van der Waals surface area contributed by atoms with Crippen LogP contribution in [0.2, 0.25) is 0 Å². The Bertz CT molecular complexity index is 640. The number of nitrogens with one attached hydrogen (secondary N) is 1. The summed E-state index contributed by atoms with van der Waals surface area (Å²) in [6.07, 6.45) is 0.617. The first kappa shape index (κ1) is 14.9. The van der Waals surface area contributed by atoms with E-state index in [-0.39, 0.29) is 18.2 Å². The van der Waals surface area contributed by atoms with Gasteiger partial charge in [-0.25, -0.2) is 4.79 Å². The van der Waals surface area contributed by atoms with Crippen LogP contribution >= 0.6 is 11.8 Å². The van der Waals surface area contributed by atoms with Crippen LogP contribution in [0.5, 0.6) is 5.75 Å². The number of ether oxygens (including phenoxy) is 1. The molecular weight excluding hydrogens is 304 g/mol. The molecule has 0 unspecified atom stereocenters. The van der Waals surface area contributed by atoms with Crippen molar-refractivity contribution in [3.05, 3.63) is 29.8 Å². The van der Waals surface area contributed by atoms with Gasteiger partial charge < -0.3 is 10.1 Å². The minimum Gasteiger partial charge on any atom is -0.497 e. The third kappa shape index (κ3) is 2.45. The maximum absolute atomic E-state index is 12.5. The first-order valence-corrected chi connectivity index (χ1v) is 8.10. The molecule has 22 heavy (non-hydrogen) atoms. The Balaban J connectivity index is 1.76. The zero-order valence-corrected chi connectivity index (χ0v) is 12.9. The van der Waals surface area contributed by atoms with Crippen molar-refractivity contribution in [2.24, 2.45) is 0 Å². The monoisotopic (exact) mass is 320 g/mol. The van der Waals surface area contributed by atoms with Crippen molar-refractivity contribution in [1.82, 2.24) is 10.2 Å². The first-order chi connectivity index (χ1) is 10.6. The van der Waals surface area contributed by atoms with Gasteiger partial charge in [-0.05, 0) is 24.3 Å². The highest BCUT2D eigenvalue weighted by Gasteiger charge is 2.53. The van der Waals surface area contributed by atoms with E-state index in [4.69, 9.17) is 4.74 Å². The molecule has 3 rings (SSSR count). The van der Waals surface area contributed by atoms with Crippen LogP contribution in [0.25, 0.3) is 0 Å². The molecule has 0 bridgehead atoms. The van der Waals surface area contributed by atoms with E-state index < -0.39 is 11.6 Å². The quantitative estimate of drug-likeness (QED) is 0.668. The van der Waals surface area contributed by atoms with Crippen molar-refractivity contribution in [3.63, 3.8) is 0 Å². The number of benzene rings is 1. The highest BCUT2D eigenvalue weighted by atomic mass is 32.2. The Morgan fingerprint density at radius 2 is 2.27 bits per heavy atom. The van der Waals surface area contributed by atoms with Crippen LogP contribution in [0.4, 0.5) is 4.79 Å². The number of nitrogens with zero attached hydrogens (tertiary/aromatic N) is 1. The van der Waals surface area contributed by atoms with Crippen molar-refractivity contribution < 1.29 is 19.1 Å². The highest BCUT2D eigenvalue weighted by Crippen LogP contribution is 2.33. The number of imide groups is 1. The molecule has 1 N–H and O–H groups in total. The lowest BCUT2D eigenvalue weighted by Crippen LogP contribution is -2.47. The van der Waals surface area contributed by atoms with Crippen molar-refractivity contribution >= 4 is 29.5 Å². The zero-order chi connectivity index (χ0) is 15.7. The number of rotatable bonds is 4. The lowest BCUT2D eigenvalue weighted by Gasteiger charge is -2.19. The molecule has 2 aliphatic heterocycles. The van der Waals surface area contributed by atoms with Crippen LogP contribution < -0.4 is 10.1 Å².